The Labute approximate surface area is 132 Å². The molecule has 1 aromatic heterocycles. The molecule has 1 N–H and O–H groups in total. The average Bonchev–Trinajstić information content (AvgIpc) is 2.75. The molecule has 1 fully saturated rings. The molecule has 0 saturated heterocycles. The van der Waals surface area contributed by atoms with E-state index >= 15 is 0 Å². The summed E-state index contributed by atoms with van der Waals surface area (Å²) in [6.07, 6.45) is 6.07. The van der Waals surface area contributed by atoms with E-state index in [0.717, 1.165) is 18.5 Å². The van der Waals surface area contributed by atoms with Crippen LogP contribution in [0.2, 0.25) is 0 Å². The molecule has 122 valence electrons. The summed E-state index contributed by atoms with van der Waals surface area (Å²) in [5, 5.41) is 3.37. The predicted molar refractivity (Wildman–Crippen MR) is 85.4 cm³/mol. The number of rotatable bonds is 5. The summed E-state index contributed by atoms with van der Waals surface area (Å²) in [4.78, 5) is 24.5. The Morgan fingerprint density at radius 3 is 2.45 bits per heavy atom. The van der Waals surface area contributed by atoms with E-state index in [1.807, 2.05) is 13.8 Å². The fraction of sp³-hybridized carbons (Fsp3) is 0.647. The zero-order valence-corrected chi connectivity index (χ0v) is 14.0. The van der Waals surface area contributed by atoms with Crippen molar-refractivity contribution >= 4 is 11.8 Å². The highest BCUT2D eigenvalue weighted by Gasteiger charge is 2.25. The second-order valence-corrected chi connectivity index (χ2v) is 6.12. The summed E-state index contributed by atoms with van der Waals surface area (Å²) in [7, 11) is 3.15. The number of aromatic nitrogens is 1. The van der Waals surface area contributed by atoms with E-state index in [1.165, 1.54) is 26.4 Å². The number of hydrogen-bond donors (Lipinski definition) is 1. The van der Waals surface area contributed by atoms with E-state index in [4.69, 9.17) is 4.74 Å². The Morgan fingerprint density at radius 2 is 1.86 bits per heavy atom. The van der Waals surface area contributed by atoms with Crippen molar-refractivity contribution in [3.8, 4) is 0 Å². The third-order valence-corrected chi connectivity index (χ3v) is 4.74. The molecule has 0 spiro atoms. The second kappa shape index (κ2) is 7.09. The minimum absolute atomic E-state index is 0.0475. The van der Waals surface area contributed by atoms with Crippen LogP contribution < -0.4 is 5.32 Å². The molecule has 0 atom stereocenters. The molecular formula is C17H26N2O3. The minimum Gasteiger partial charge on any atom is -0.464 e. The Morgan fingerprint density at radius 1 is 1.23 bits per heavy atom. The number of methoxy groups -OCH3 is 1. The topological polar surface area (TPSA) is 60.3 Å². The first-order valence-corrected chi connectivity index (χ1v) is 7.98. The van der Waals surface area contributed by atoms with Gasteiger partial charge in [-0.1, -0.05) is 19.3 Å². The molecule has 5 nitrogen and oxygen atoms in total. The van der Waals surface area contributed by atoms with Crippen LogP contribution in [0.3, 0.4) is 0 Å². The quantitative estimate of drug-likeness (QED) is 0.671. The van der Waals surface area contributed by atoms with Crippen LogP contribution in [0.1, 0.15) is 64.2 Å². The number of ether oxygens (including phenoxy) is 1. The summed E-state index contributed by atoms with van der Waals surface area (Å²) in [6, 6.07) is 0.446. The molecule has 1 aliphatic rings. The van der Waals surface area contributed by atoms with Crippen LogP contribution in [0.5, 0.6) is 0 Å². The summed E-state index contributed by atoms with van der Waals surface area (Å²) in [5.41, 5.74) is 2.63. The maximum atomic E-state index is 12.6. The van der Waals surface area contributed by atoms with Gasteiger partial charge >= 0.3 is 5.97 Å². The largest absolute Gasteiger partial charge is 0.464 e. The normalized spacial score (nSPS) is 15.8. The average molecular weight is 306 g/mol. The SMILES string of the molecule is COC(=O)c1c(C)c(C(=O)CNC2CCCCC2)c(C)n1C. The summed E-state index contributed by atoms with van der Waals surface area (Å²) in [6.45, 7) is 4.01. The van der Waals surface area contributed by atoms with Crippen LogP contribution in [0.4, 0.5) is 0 Å². The van der Waals surface area contributed by atoms with Crippen molar-refractivity contribution in [1.29, 1.82) is 0 Å². The number of nitrogens with zero attached hydrogens (tertiary/aromatic N) is 1. The monoisotopic (exact) mass is 306 g/mol. The highest BCUT2D eigenvalue weighted by Crippen LogP contribution is 2.23. The number of ketones is 1. The van der Waals surface area contributed by atoms with Gasteiger partial charge in [0, 0.05) is 24.3 Å². The Balaban J connectivity index is 2.14. The van der Waals surface area contributed by atoms with E-state index in [0.29, 0.717) is 29.4 Å². The zero-order valence-electron chi connectivity index (χ0n) is 14.0. The van der Waals surface area contributed by atoms with Crippen LogP contribution >= 0.6 is 0 Å². The lowest BCUT2D eigenvalue weighted by Crippen LogP contribution is -2.35. The minimum atomic E-state index is -0.401. The molecule has 2 rings (SSSR count). The first-order valence-electron chi connectivity index (χ1n) is 7.98. The number of carbonyl (C=O) groups excluding carboxylic acids is 2. The molecule has 1 heterocycles. The van der Waals surface area contributed by atoms with Crippen LogP contribution in [0.15, 0.2) is 0 Å². The molecule has 0 amide bonds. The maximum absolute atomic E-state index is 12.6. The fourth-order valence-electron chi connectivity index (χ4n) is 3.41. The van der Waals surface area contributed by atoms with Gasteiger partial charge in [-0.2, -0.15) is 0 Å². The van der Waals surface area contributed by atoms with Crippen LogP contribution in [-0.4, -0.2) is 36.0 Å². The molecule has 5 heteroatoms. The standard InChI is InChI=1S/C17H26N2O3/c1-11-15(12(2)19(3)16(11)17(21)22-4)14(20)10-18-13-8-6-5-7-9-13/h13,18H,5-10H2,1-4H3. The van der Waals surface area contributed by atoms with Crippen molar-refractivity contribution in [1.82, 2.24) is 9.88 Å². The van der Waals surface area contributed by atoms with Gasteiger partial charge in [-0.3, -0.25) is 4.79 Å². The zero-order chi connectivity index (χ0) is 16.3. The Hall–Kier alpha value is -1.62. The summed E-state index contributed by atoms with van der Waals surface area (Å²) < 4.78 is 6.56. The number of hydrogen-bond acceptors (Lipinski definition) is 4. The highest BCUT2D eigenvalue weighted by atomic mass is 16.5. The van der Waals surface area contributed by atoms with E-state index in [9.17, 15) is 9.59 Å². The van der Waals surface area contributed by atoms with Crippen LogP contribution in [-0.2, 0) is 11.8 Å². The fourth-order valence-corrected chi connectivity index (χ4v) is 3.41. The maximum Gasteiger partial charge on any atom is 0.354 e. The van der Waals surface area contributed by atoms with Gasteiger partial charge in [0.1, 0.15) is 5.69 Å². The van der Waals surface area contributed by atoms with Gasteiger partial charge in [0.15, 0.2) is 5.78 Å². The van der Waals surface area contributed by atoms with Crippen molar-refractivity contribution in [3.05, 3.63) is 22.5 Å². The first kappa shape index (κ1) is 16.7. The third-order valence-electron chi connectivity index (χ3n) is 4.74. The molecule has 1 saturated carbocycles. The van der Waals surface area contributed by atoms with Crippen LogP contribution in [0, 0.1) is 13.8 Å². The van der Waals surface area contributed by atoms with E-state index in [-0.39, 0.29) is 5.78 Å². The molecule has 1 aromatic rings. The van der Waals surface area contributed by atoms with E-state index in [1.54, 1.807) is 11.6 Å². The molecule has 0 bridgehead atoms. The highest BCUT2D eigenvalue weighted by molar-refractivity contribution is 6.03. The first-order chi connectivity index (χ1) is 10.5. The Kier molecular flexibility index (Phi) is 5.40. The lowest BCUT2D eigenvalue weighted by atomic mass is 9.95. The van der Waals surface area contributed by atoms with Gasteiger partial charge in [-0.25, -0.2) is 4.79 Å². The van der Waals surface area contributed by atoms with Crippen molar-refractivity contribution in [2.24, 2.45) is 7.05 Å². The van der Waals surface area contributed by atoms with E-state index < -0.39 is 5.97 Å². The molecule has 0 unspecified atom stereocenters. The smallest absolute Gasteiger partial charge is 0.354 e. The third kappa shape index (κ3) is 3.24. The summed E-state index contributed by atoms with van der Waals surface area (Å²) >= 11 is 0. The van der Waals surface area contributed by atoms with Crippen molar-refractivity contribution in [2.75, 3.05) is 13.7 Å². The van der Waals surface area contributed by atoms with Gasteiger partial charge in [0.05, 0.1) is 13.7 Å². The van der Waals surface area contributed by atoms with Gasteiger partial charge in [-0.15, -0.1) is 0 Å². The van der Waals surface area contributed by atoms with Crippen molar-refractivity contribution in [2.45, 2.75) is 52.0 Å². The number of Topliss-reactive ketones (excluding diaryl/α,β-unsaturated/α-hetero) is 1. The number of carbonyl (C=O) groups is 2. The number of nitrogens with one attached hydrogen (secondary N) is 1. The van der Waals surface area contributed by atoms with Gasteiger partial charge in [0.2, 0.25) is 0 Å². The molecular weight excluding hydrogens is 280 g/mol. The van der Waals surface area contributed by atoms with Gasteiger partial charge < -0.3 is 14.6 Å². The molecule has 0 radical (unpaired) electrons. The van der Waals surface area contributed by atoms with Crippen LogP contribution in [0.25, 0.3) is 0 Å². The van der Waals surface area contributed by atoms with E-state index in [2.05, 4.69) is 5.32 Å². The molecule has 0 aliphatic heterocycles. The molecule has 1 aliphatic carbocycles. The second-order valence-electron chi connectivity index (χ2n) is 6.12. The summed E-state index contributed by atoms with van der Waals surface area (Å²) in [5.74, 6) is -0.353. The van der Waals surface area contributed by atoms with Crippen molar-refractivity contribution in [3.63, 3.8) is 0 Å². The molecule has 0 aromatic carbocycles. The predicted octanol–water partition coefficient (Wildman–Crippen LogP) is 2.53. The molecule has 22 heavy (non-hydrogen) atoms. The number of esters is 1. The van der Waals surface area contributed by atoms with Gasteiger partial charge in [-0.05, 0) is 32.3 Å². The lowest BCUT2D eigenvalue weighted by Gasteiger charge is -2.22. The van der Waals surface area contributed by atoms with Gasteiger partial charge in [0.25, 0.3) is 0 Å². The lowest BCUT2D eigenvalue weighted by molar-refractivity contribution is 0.0588. The van der Waals surface area contributed by atoms with Crippen molar-refractivity contribution < 1.29 is 14.3 Å². The Bertz CT molecular complexity index is 569.